The molecule has 0 amide bonds. The largest absolute Gasteiger partial charge is 0.298 e. The first kappa shape index (κ1) is 7.41. The van der Waals surface area contributed by atoms with E-state index >= 15 is 0 Å². The second kappa shape index (κ2) is 2.67. The Kier molecular flexibility index (Phi) is 1.80. The normalized spacial score (nSPS) is 39.9. The van der Waals surface area contributed by atoms with Crippen LogP contribution < -0.4 is 0 Å². The van der Waals surface area contributed by atoms with Gasteiger partial charge in [0.2, 0.25) is 0 Å². The van der Waals surface area contributed by atoms with E-state index in [1.807, 2.05) is 18.7 Å². The molecule has 1 aliphatic heterocycles. The molecule has 60 valence electrons. The Labute approximate surface area is 71.2 Å². The Morgan fingerprint density at radius 3 is 2.91 bits per heavy atom. The van der Waals surface area contributed by atoms with Gasteiger partial charge in [0.05, 0.1) is 5.25 Å². The number of Topliss-reactive ketones (excluding diaryl/α,β-unsaturated/α-hetero) is 1. The lowest BCUT2D eigenvalue weighted by molar-refractivity contribution is -0.118. The standard InChI is InChI=1S/C9H12OS/c1-2-8(10)9-6-3-4-7(5-6)11-9/h3-4,6-7,9H,2,5H2,1H3/t6-,7+,9-/m1/s1. The van der Waals surface area contributed by atoms with E-state index < -0.39 is 0 Å². The first-order chi connectivity index (χ1) is 5.31. The van der Waals surface area contributed by atoms with Gasteiger partial charge in [0.15, 0.2) is 0 Å². The Balaban J connectivity index is 2.08. The van der Waals surface area contributed by atoms with Crippen LogP contribution in [0.2, 0.25) is 0 Å². The fourth-order valence-corrected chi connectivity index (χ4v) is 3.44. The van der Waals surface area contributed by atoms with E-state index in [2.05, 4.69) is 12.2 Å². The zero-order chi connectivity index (χ0) is 7.84. The van der Waals surface area contributed by atoms with Gasteiger partial charge >= 0.3 is 0 Å². The van der Waals surface area contributed by atoms with Gasteiger partial charge in [0.1, 0.15) is 5.78 Å². The maximum absolute atomic E-state index is 11.3. The summed E-state index contributed by atoms with van der Waals surface area (Å²) in [5, 5.41) is 0.954. The van der Waals surface area contributed by atoms with Crippen LogP contribution in [0.5, 0.6) is 0 Å². The Hall–Kier alpha value is -0.240. The molecule has 2 heteroatoms. The fraction of sp³-hybridized carbons (Fsp3) is 0.667. The van der Waals surface area contributed by atoms with E-state index in [0.29, 0.717) is 28.6 Å². The van der Waals surface area contributed by atoms with Crippen molar-refractivity contribution >= 4 is 17.5 Å². The average Bonchev–Trinajstić information content (AvgIpc) is 2.62. The van der Waals surface area contributed by atoms with Crippen LogP contribution in [0.3, 0.4) is 0 Å². The van der Waals surface area contributed by atoms with Crippen molar-refractivity contribution in [3.05, 3.63) is 12.2 Å². The van der Waals surface area contributed by atoms with E-state index in [9.17, 15) is 4.79 Å². The number of ketones is 1. The number of carbonyl (C=O) groups excluding carboxylic acids is 1. The third kappa shape index (κ3) is 1.13. The van der Waals surface area contributed by atoms with Crippen molar-refractivity contribution < 1.29 is 4.79 Å². The van der Waals surface area contributed by atoms with Crippen LogP contribution >= 0.6 is 11.8 Å². The van der Waals surface area contributed by atoms with Crippen molar-refractivity contribution in [3.63, 3.8) is 0 Å². The molecular formula is C9H12OS. The number of hydrogen-bond acceptors (Lipinski definition) is 2. The highest BCUT2D eigenvalue weighted by atomic mass is 32.2. The van der Waals surface area contributed by atoms with E-state index in [4.69, 9.17) is 0 Å². The Bertz CT molecular complexity index is 210. The summed E-state index contributed by atoms with van der Waals surface area (Å²) in [6, 6.07) is 0. The summed E-state index contributed by atoms with van der Waals surface area (Å²) in [7, 11) is 0. The van der Waals surface area contributed by atoms with Gasteiger partial charge in [-0.2, -0.15) is 0 Å². The summed E-state index contributed by atoms with van der Waals surface area (Å²) in [6.45, 7) is 1.96. The van der Waals surface area contributed by atoms with Gasteiger partial charge in [-0.1, -0.05) is 19.1 Å². The van der Waals surface area contributed by atoms with Gasteiger partial charge in [-0.25, -0.2) is 0 Å². The molecule has 2 bridgehead atoms. The molecule has 0 aromatic carbocycles. The summed E-state index contributed by atoms with van der Waals surface area (Å²) in [5.41, 5.74) is 0. The molecule has 0 aromatic heterocycles. The minimum absolute atomic E-state index is 0.301. The minimum atomic E-state index is 0.301. The molecule has 1 heterocycles. The summed E-state index contributed by atoms with van der Waals surface area (Å²) in [4.78, 5) is 11.3. The summed E-state index contributed by atoms with van der Waals surface area (Å²) < 4.78 is 0. The van der Waals surface area contributed by atoms with Crippen LogP contribution in [0.15, 0.2) is 12.2 Å². The van der Waals surface area contributed by atoms with E-state index in [1.54, 1.807) is 0 Å². The molecule has 3 atom stereocenters. The molecule has 0 radical (unpaired) electrons. The molecular weight excluding hydrogens is 156 g/mol. The number of rotatable bonds is 2. The highest BCUT2D eigenvalue weighted by Gasteiger charge is 2.39. The summed E-state index contributed by atoms with van der Waals surface area (Å²) in [6.07, 6.45) is 6.38. The van der Waals surface area contributed by atoms with Gasteiger partial charge in [-0.3, -0.25) is 4.79 Å². The summed E-state index contributed by atoms with van der Waals surface area (Å²) >= 11 is 1.86. The van der Waals surface area contributed by atoms with Crippen molar-refractivity contribution in [2.24, 2.45) is 5.92 Å². The van der Waals surface area contributed by atoms with E-state index in [-0.39, 0.29) is 0 Å². The quantitative estimate of drug-likeness (QED) is 0.587. The molecule has 1 aliphatic carbocycles. The Morgan fingerprint density at radius 1 is 1.64 bits per heavy atom. The number of thioether (sulfide) groups is 1. The van der Waals surface area contributed by atoms with Gasteiger partial charge in [-0.15, -0.1) is 11.8 Å². The number of fused-ring (bicyclic) bond motifs is 2. The lowest BCUT2D eigenvalue weighted by atomic mass is 10.0. The third-order valence-electron chi connectivity index (χ3n) is 2.45. The second-order valence-electron chi connectivity index (χ2n) is 3.20. The molecule has 2 rings (SSSR count). The Morgan fingerprint density at radius 2 is 2.45 bits per heavy atom. The fourth-order valence-electron chi connectivity index (χ4n) is 1.82. The van der Waals surface area contributed by atoms with Crippen molar-refractivity contribution in [2.75, 3.05) is 0 Å². The lowest BCUT2D eigenvalue weighted by Gasteiger charge is -2.14. The molecule has 2 aliphatic rings. The number of carbonyl (C=O) groups is 1. The molecule has 0 unspecified atom stereocenters. The highest BCUT2D eigenvalue weighted by Crippen LogP contribution is 2.45. The number of allylic oxidation sites excluding steroid dienone is 1. The van der Waals surface area contributed by atoms with Crippen LogP contribution in [-0.4, -0.2) is 16.3 Å². The maximum atomic E-state index is 11.3. The van der Waals surface area contributed by atoms with E-state index in [0.717, 1.165) is 0 Å². The molecule has 11 heavy (non-hydrogen) atoms. The van der Waals surface area contributed by atoms with Crippen LogP contribution in [-0.2, 0) is 4.79 Å². The predicted octanol–water partition coefficient (Wildman–Crippen LogP) is 2.03. The first-order valence-corrected chi connectivity index (χ1v) is 5.12. The van der Waals surface area contributed by atoms with E-state index in [1.165, 1.54) is 6.42 Å². The highest BCUT2D eigenvalue weighted by molar-refractivity contribution is 8.01. The smallest absolute Gasteiger partial charge is 0.146 e. The minimum Gasteiger partial charge on any atom is -0.298 e. The summed E-state index contributed by atoms with van der Waals surface area (Å²) in [5.74, 6) is 1.00. The molecule has 0 spiro atoms. The number of hydrogen-bond donors (Lipinski definition) is 0. The average molecular weight is 168 g/mol. The van der Waals surface area contributed by atoms with Gasteiger partial charge < -0.3 is 0 Å². The van der Waals surface area contributed by atoms with Crippen LogP contribution in [0.4, 0.5) is 0 Å². The zero-order valence-electron chi connectivity index (χ0n) is 6.62. The maximum Gasteiger partial charge on any atom is 0.146 e. The van der Waals surface area contributed by atoms with Crippen LogP contribution in [0.1, 0.15) is 19.8 Å². The van der Waals surface area contributed by atoms with Gasteiger partial charge in [0, 0.05) is 11.7 Å². The van der Waals surface area contributed by atoms with Crippen molar-refractivity contribution in [3.8, 4) is 0 Å². The van der Waals surface area contributed by atoms with Crippen LogP contribution in [0.25, 0.3) is 0 Å². The van der Waals surface area contributed by atoms with Crippen molar-refractivity contribution in [1.29, 1.82) is 0 Å². The molecule has 0 N–H and O–H groups in total. The molecule has 0 saturated carbocycles. The molecule has 1 nitrogen and oxygen atoms in total. The van der Waals surface area contributed by atoms with Gasteiger partial charge in [-0.05, 0) is 12.3 Å². The second-order valence-corrected chi connectivity index (χ2v) is 4.58. The SMILES string of the molecule is CCC(=O)[C@@H]1S[C@H]2C=C[C@@H]1C2. The molecule has 0 aromatic rings. The molecule has 1 fully saturated rings. The molecule has 1 saturated heterocycles. The lowest BCUT2D eigenvalue weighted by Crippen LogP contribution is -2.20. The van der Waals surface area contributed by atoms with Crippen molar-refractivity contribution in [2.45, 2.75) is 30.3 Å². The van der Waals surface area contributed by atoms with Crippen LogP contribution in [0, 0.1) is 5.92 Å². The van der Waals surface area contributed by atoms with Crippen molar-refractivity contribution in [1.82, 2.24) is 0 Å². The monoisotopic (exact) mass is 168 g/mol. The first-order valence-electron chi connectivity index (χ1n) is 4.17. The van der Waals surface area contributed by atoms with Gasteiger partial charge in [0.25, 0.3) is 0 Å². The predicted molar refractivity (Wildman–Crippen MR) is 47.7 cm³/mol. The topological polar surface area (TPSA) is 17.1 Å². The zero-order valence-corrected chi connectivity index (χ0v) is 7.43. The third-order valence-corrected chi connectivity index (χ3v) is 4.06.